The molecule has 0 saturated carbocycles. The fraction of sp³-hybridized carbons (Fsp3) is 0.444. The lowest BCUT2D eigenvalue weighted by Crippen LogP contribution is -2.44. The third kappa shape index (κ3) is 5.76. The van der Waals surface area contributed by atoms with Crippen LogP contribution in [0.15, 0.2) is 48.5 Å². The number of nitrogens with one attached hydrogen (secondary N) is 2. The van der Waals surface area contributed by atoms with Crippen molar-refractivity contribution < 1.29 is 24.2 Å². The quantitative estimate of drug-likeness (QED) is 0.445. The van der Waals surface area contributed by atoms with E-state index in [9.17, 15) is 19.5 Å². The second-order valence-electron chi connectivity index (χ2n) is 9.16. The largest absolute Gasteiger partial charge is 0.481 e. The molecule has 0 bridgehead atoms. The second kappa shape index (κ2) is 11.2. The lowest BCUT2D eigenvalue weighted by Gasteiger charge is -2.24. The van der Waals surface area contributed by atoms with Gasteiger partial charge in [-0.25, -0.2) is 4.79 Å². The van der Waals surface area contributed by atoms with Crippen molar-refractivity contribution in [1.29, 1.82) is 0 Å². The number of amides is 2. The Morgan fingerprint density at radius 3 is 2.15 bits per heavy atom. The van der Waals surface area contributed by atoms with Crippen LogP contribution < -0.4 is 10.6 Å². The molecule has 0 aromatic heterocycles. The predicted molar refractivity (Wildman–Crippen MR) is 131 cm³/mol. The molecule has 0 fully saturated rings. The van der Waals surface area contributed by atoms with E-state index in [1.54, 1.807) is 13.8 Å². The SMILES string of the molecule is CCC[C@H](CC(=O)NCC(C)(CC)C(=O)O)NC(=O)OCC1c2ccccc2-c2ccccc21. The number of carbonyl (C=O) groups is 3. The van der Waals surface area contributed by atoms with Gasteiger partial charge in [0, 0.05) is 24.9 Å². The number of rotatable bonds is 11. The van der Waals surface area contributed by atoms with Crippen LogP contribution in [0.4, 0.5) is 4.79 Å². The average Bonchev–Trinajstić information content (AvgIpc) is 3.15. The van der Waals surface area contributed by atoms with Gasteiger partial charge in [-0.1, -0.05) is 68.8 Å². The summed E-state index contributed by atoms with van der Waals surface area (Å²) < 4.78 is 5.60. The zero-order chi connectivity index (χ0) is 24.7. The van der Waals surface area contributed by atoms with Crippen molar-refractivity contribution in [3.05, 3.63) is 59.7 Å². The number of aliphatic carboxylic acids is 1. The molecule has 0 saturated heterocycles. The van der Waals surface area contributed by atoms with Crippen LogP contribution in [0.25, 0.3) is 11.1 Å². The summed E-state index contributed by atoms with van der Waals surface area (Å²) in [6.07, 6.45) is 1.30. The topological polar surface area (TPSA) is 105 Å². The molecule has 1 aliphatic carbocycles. The smallest absolute Gasteiger partial charge is 0.407 e. The average molecular weight is 467 g/mol. The molecule has 1 aliphatic rings. The number of alkyl carbamates (subject to hydrolysis) is 1. The van der Waals surface area contributed by atoms with E-state index in [2.05, 4.69) is 34.9 Å². The predicted octanol–water partition coefficient (Wildman–Crippen LogP) is 4.70. The van der Waals surface area contributed by atoms with Crippen LogP contribution in [0.3, 0.4) is 0 Å². The summed E-state index contributed by atoms with van der Waals surface area (Å²) >= 11 is 0. The number of ether oxygens (including phenoxy) is 1. The molecule has 1 unspecified atom stereocenters. The highest BCUT2D eigenvalue weighted by Gasteiger charge is 2.32. The maximum atomic E-state index is 12.6. The molecule has 2 amide bonds. The van der Waals surface area contributed by atoms with Gasteiger partial charge in [0.05, 0.1) is 5.41 Å². The Morgan fingerprint density at radius 2 is 1.62 bits per heavy atom. The Morgan fingerprint density at radius 1 is 1.03 bits per heavy atom. The van der Waals surface area contributed by atoms with E-state index in [4.69, 9.17) is 4.74 Å². The van der Waals surface area contributed by atoms with Crippen molar-refractivity contribution in [2.24, 2.45) is 5.41 Å². The van der Waals surface area contributed by atoms with Crippen LogP contribution in [0.2, 0.25) is 0 Å². The third-order valence-electron chi connectivity index (χ3n) is 6.71. The molecular formula is C27H34N2O5. The van der Waals surface area contributed by atoms with Crippen LogP contribution in [-0.2, 0) is 14.3 Å². The zero-order valence-electron chi connectivity index (χ0n) is 20.1. The first-order chi connectivity index (χ1) is 16.3. The number of benzene rings is 2. The first-order valence-electron chi connectivity index (χ1n) is 11.9. The highest BCUT2D eigenvalue weighted by Crippen LogP contribution is 2.44. The minimum atomic E-state index is -1.02. The number of carboxylic acids is 1. The second-order valence-corrected chi connectivity index (χ2v) is 9.16. The molecule has 3 N–H and O–H groups in total. The van der Waals surface area contributed by atoms with Gasteiger partial charge in [-0.15, -0.1) is 0 Å². The van der Waals surface area contributed by atoms with E-state index >= 15 is 0 Å². The Balaban J connectivity index is 1.56. The first-order valence-corrected chi connectivity index (χ1v) is 11.9. The van der Waals surface area contributed by atoms with Gasteiger partial charge in [-0.05, 0) is 42.0 Å². The van der Waals surface area contributed by atoms with Gasteiger partial charge in [-0.2, -0.15) is 0 Å². The molecular weight excluding hydrogens is 432 g/mol. The van der Waals surface area contributed by atoms with Crippen molar-refractivity contribution in [1.82, 2.24) is 10.6 Å². The molecule has 2 atom stereocenters. The monoisotopic (exact) mass is 466 g/mol. The van der Waals surface area contributed by atoms with E-state index in [-0.39, 0.29) is 31.4 Å². The van der Waals surface area contributed by atoms with Gasteiger partial charge in [0.1, 0.15) is 6.61 Å². The number of carbonyl (C=O) groups excluding carboxylic acids is 2. The summed E-state index contributed by atoms with van der Waals surface area (Å²) in [5, 5.41) is 14.9. The van der Waals surface area contributed by atoms with Crippen molar-refractivity contribution in [2.45, 2.75) is 58.4 Å². The summed E-state index contributed by atoms with van der Waals surface area (Å²) in [6, 6.07) is 15.9. The van der Waals surface area contributed by atoms with E-state index in [1.807, 2.05) is 31.2 Å². The summed E-state index contributed by atoms with van der Waals surface area (Å²) in [5.74, 6) is -1.27. The van der Waals surface area contributed by atoms with E-state index in [0.29, 0.717) is 12.8 Å². The molecule has 2 aromatic carbocycles. The molecule has 3 rings (SSSR count). The molecule has 0 spiro atoms. The molecule has 2 aromatic rings. The summed E-state index contributed by atoms with van der Waals surface area (Å²) in [5.41, 5.74) is 3.58. The van der Waals surface area contributed by atoms with Crippen LogP contribution in [0, 0.1) is 5.41 Å². The molecule has 7 heteroatoms. The zero-order valence-corrected chi connectivity index (χ0v) is 20.1. The van der Waals surface area contributed by atoms with Crippen LogP contribution >= 0.6 is 0 Å². The first kappa shape index (κ1) is 25.3. The van der Waals surface area contributed by atoms with Gasteiger partial charge in [0.2, 0.25) is 5.91 Å². The van der Waals surface area contributed by atoms with Gasteiger partial charge >= 0.3 is 12.1 Å². The maximum Gasteiger partial charge on any atom is 0.407 e. The molecule has 0 radical (unpaired) electrons. The standard InChI is InChI=1S/C27H34N2O5/c1-4-10-18(15-24(30)28-17-27(3,5-2)25(31)32)29-26(33)34-16-23-21-13-8-6-11-19(21)20-12-7-9-14-22(20)23/h6-9,11-14,18,23H,4-5,10,15-17H2,1-3H3,(H,28,30)(H,29,33)(H,31,32)/t18-,27?/m1/s1. The van der Waals surface area contributed by atoms with Gasteiger partial charge < -0.3 is 20.5 Å². The highest BCUT2D eigenvalue weighted by atomic mass is 16.5. The minimum Gasteiger partial charge on any atom is -0.481 e. The fourth-order valence-electron chi connectivity index (χ4n) is 4.32. The Kier molecular flexibility index (Phi) is 8.31. The molecule has 7 nitrogen and oxygen atoms in total. The Hall–Kier alpha value is -3.35. The lowest BCUT2D eigenvalue weighted by molar-refractivity contribution is -0.148. The minimum absolute atomic E-state index is 0.0335. The van der Waals surface area contributed by atoms with Gasteiger partial charge in [0.25, 0.3) is 0 Å². The summed E-state index contributed by atoms with van der Waals surface area (Å²) in [6.45, 7) is 5.61. The number of hydrogen-bond acceptors (Lipinski definition) is 4. The van der Waals surface area contributed by atoms with Crippen molar-refractivity contribution >= 4 is 18.0 Å². The maximum absolute atomic E-state index is 12.6. The molecule has 0 aliphatic heterocycles. The molecule has 182 valence electrons. The molecule has 0 heterocycles. The summed E-state index contributed by atoms with van der Waals surface area (Å²) in [7, 11) is 0. The number of hydrogen-bond donors (Lipinski definition) is 3. The number of carboxylic acid groups (broad SMARTS) is 1. The highest BCUT2D eigenvalue weighted by molar-refractivity contribution is 5.80. The van der Waals surface area contributed by atoms with Crippen molar-refractivity contribution in [2.75, 3.05) is 13.2 Å². The Labute approximate surface area is 200 Å². The number of fused-ring (bicyclic) bond motifs is 3. The van der Waals surface area contributed by atoms with Crippen LogP contribution in [0.5, 0.6) is 0 Å². The fourth-order valence-corrected chi connectivity index (χ4v) is 4.32. The van der Waals surface area contributed by atoms with E-state index in [0.717, 1.165) is 28.7 Å². The van der Waals surface area contributed by atoms with Gasteiger partial charge in [0.15, 0.2) is 0 Å². The Bertz CT molecular complexity index is 992. The molecule has 34 heavy (non-hydrogen) atoms. The normalized spacial score (nSPS) is 14.9. The third-order valence-corrected chi connectivity index (χ3v) is 6.71. The van der Waals surface area contributed by atoms with Crippen LogP contribution in [0.1, 0.15) is 63.5 Å². The lowest BCUT2D eigenvalue weighted by atomic mass is 9.87. The van der Waals surface area contributed by atoms with E-state index in [1.165, 1.54) is 0 Å². The van der Waals surface area contributed by atoms with E-state index < -0.39 is 23.5 Å². The van der Waals surface area contributed by atoms with Gasteiger partial charge in [-0.3, -0.25) is 9.59 Å². The van der Waals surface area contributed by atoms with Crippen LogP contribution in [-0.4, -0.2) is 42.3 Å². The summed E-state index contributed by atoms with van der Waals surface area (Å²) in [4.78, 5) is 36.5. The van der Waals surface area contributed by atoms with Crippen molar-refractivity contribution in [3.63, 3.8) is 0 Å². The van der Waals surface area contributed by atoms with Crippen molar-refractivity contribution in [3.8, 4) is 11.1 Å².